The number of rotatable bonds is 0. The Hall–Kier alpha value is -1.02. The first-order chi connectivity index (χ1) is 6.33. The number of carbonyl (C=O) groups is 1. The highest BCUT2D eigenvalue weighted by atomic mass is 32.2. The van der Waals surface area contributed by atoms with E-state index in [2.05, 4.69) is 0 Å². The van der Waals surface area contributed by atoms with E-state index in [9.17, 15) is 4.79 Å². The molecule has 0 radical (unpaired) electrons. The molecule has 1 aliphatic rings. The predicted molar refractivity (Wildman–Crippen MR) is 55.3 cm³/mol. The molecule has 0 spiro atoms. The molecule has 66 valence electrons. The maximum atomic E-state index is 11.8. The fraction of sp³-hybridized carbons (Fsp3) is 0.182. The Bertz CT molecular complexity index is 379. The first-order valence-electron chi connectivity index (χ1n) is 4.24. The Morgan fingerprint density at radius 3 is 2.92 bits per heavy atom. The molecule has 0 aliphatic carbocycles. The molecule has 0 saturated heterocycles. The molecule has 2 heteroatoms. The summed E-state index contributed by atoms with van der Waals surface area (Å²) in [6.45, 7) is 1.92. The number of fused-ring (bicyclic) bond motifs is 1. The lowest BCUT2D eigenvalue weighted by Crippen LogP contribution is -2.11. The minimum absolute atomic E-state index is 0.192. The largest absolute Gasteiger partial charge is 0.289 e. The smallest absolute Gasteiger partial charge is 0.190 e. The van der Waals surface area contributed by atoms with Gasteiger partial charge in [-0.05, 0) is 19.1 Å². The van der Waals surface area contributed by atoms with E-state index >= 15 is 0 Å². The van der Waals surface area contributed by atoms with Crippen LogP contribution in [0.25, 0.3) is 0 Å². The van der Waals surface area contributed by atoms with Gasteiger partial charge in [0.05, 0.1) is 0 Å². The van der Waals surface area contributed by atoms with Crippen LogP contribution < -0.4 is 0 Å². The van der Waals surface area contributed by atoms with E-state index in [1.165, 1.54) is 0 Å². The molecule has 2 rings (SSSR count). The van der Waals surface area contributed by atoms with E-state index in [4.69, 9.17) is 0 Å². The normalized spacial score (nSPS) is 18.8. The zero-order chi connectivity index (χ0) is 9.26. The Morgan fingerprint density at radius 1 is 1.38 bits per heavy atom. The summed E-state index contributed by atoms with van der Waals surface area (Å²) in [7, 11) is 0. The van der Waals surface area contributed by atoms with E-state index in [1.54, 1.807) is 11.8 Å². The van der Waals surface area contributed by atoms with Crippen LogP contribution >= 0.6 is 11.8 Å². The molecule has 0 fully saturated rings. The number of hydrogen-bond donors (Lipinski definition) is 0. The third-order valence-electron chi connectivity index (χ3n) is 2.15. The van der Waals surface area contributed by atoms with E-state index in [0.717, 1.165) is 21.8 Å². The molecule has 1 aliphatic heterocycles. The van der Waals surface area contributed by atoms with Gasteiger partial charge >= 0.3 is 0 Å². The van der Waals surface area contributed by atoms with Crippen molar-refractivity contribution in [1.82, 2.24) is 0 Å². The molecule has 1 heterocycles. The van der Waals surface area contributed by atoms with Gasteiger partial charge in [0.25, 0.3) is 0 Å². The van der Waals surface area contributed by atoms with E-state index in [0.29, 0.717) is 0 Å². The van der Waals surface area contributed by atoms with Gasteiger partial charge in [-0.2, -0.15) is 0 Å². The third kappa shape index (κ3) is 1.42. The van der Waals surface area contributed by atoms with Crippen molar-refractivity contribution in [3.05, 3.63) is 41.5 Å². The monoisotopic (exact) mass is 190 g/mol. The summed E-state index contributed by atoms with van der Waals surface area (Å²) in [6.07, 6.45) is 1.91. The fourth-order valence-electron chi connectivity index (χ4n) is 1.39. The summed E-state index contributed by atoms with van der Waals surface area (Å²) in [5, 5.41) is 0. The number of Topliss-reactive ketones (excluding diaryl/α,β-unsaturated/α-hetero) is 1. The molecule has 1 aromatic rings. The molecule has 0 unspecified atom stereocenters. The number of benzene rings is 1. The van der Waals surface area contributed by atoms with Crippen LogP contribution in [-0.4, -0.2) is 11.5 Å². The topological polar surface area (TPSA) is 17.1 Å². The summed E-state index contributed by atoms with van der Waals surface area (Å²) in [6, 6.07) is 7.79. The number of carbonyl (C=O) groups excluding carboxylic acids is 1. The quantitative estimate of drug-likeness (QED) is 0.585. The highest BCUT2D eigenvalue weighted by Crippen LogP contribution is 2.31. The van der Waals surface area contributed by atoms with Crippen molar-refractivity contribution >= 4 is 17.5 Å². The molecule has 0 N–H and O–H groups in total. The van der Waals surface area contributed by atoms with Gasteiger partial charge in [0.2, 0.25) is 0 Å². The van der Waals surface area contributed by atoms with Crippen LogP contribution in [0.5, 0.6) is 0 Å². The van der Waals surface area contributed by atoms with Crippen LogP contribution in [0.4, 0.5) is 0 Å². The molecule has 0 bridgehead atoms. The second-order valence-corrected chi connectivity index (χ2v) is 3.95. The highest BCUT2D eigenvalue weighted by Gasteiger charge is 2.20. The SMILES string of the molecule is C/C=C1\CSc2ccccc2C1=O. The lowest BCUT2D eigenvalue weighted by Gasteiger charge is -2.15. The fourth-order valence-corrected chi connectivity index (χ4v) is 2.49. The molecular formula is C11H10OS. The number of allylic oxidation sites excluding steroid dienone is 1. The lowest BCUT2D eigenvalue weighted by atomic mass is 10.0. The molecular weight excluding hydrogens is 180 g/mol. The number of thioether (sulfide) groups is 1. The van der Waals surface area contributed by atoms with Gasteiger partial charge in [-0.15, -0.1) is 11.8 Å². The van der Waals surface area contributed by atoms with Crippen molar-refractivity contribution in [2.24, 2.45) is 0 Å². The van der Waals surface area contributed by atoms with Gasteiger partial charge in [0.15, 0.2) is 5.78 Å². The zero-order valence-electron chi connectivity index (χ0n) is 7.41. The standard InChI is InChI=1S/C11H10OS/c1-2-8-7-13-10-6-4-3-5-9(10)11(8)12/h2-6H,7H2,1H3/b8-2+. The second kappa shape index (κ2) is 3.38. The summed E-state index contributed by atoms with van der Waals surface area (Å²) in [4.78, 5) is 12.9. The van der Waals surface area contributed by atoms with Crippen LogP contribution in [0.1, 0.15) is 17.3 Å². The molecule has 1 aromatic carbocycles. The minimum Gasteiger partial charge on any atom is -0.289 e. The minimum atomic E-state index is 0.192. The first kappa shape index (κ1) is 8.57. The maximum Gasteiger partial charge on any atom is 0.190 e. The van der Waals surface area contributed by atoms with Crippen molar-refractivity contribution in [2.45, 2.75) is 11.8 Å². The second-order valence-electron chi connectivity index (χ2n) is 2.93. The highest BCUT2D eigenvalue weighted by molar-refractivity contribution is 7.99. The zero-order valence-corrected chi connectivity index (χ0v) is 8.23. The van der Waals surface area contributed by atoms with Gasteiger partial charge < -0.3 is 0 Å². The average molecular weight is 190 g/mol. The van der Waals surface area contributed by atoms with Crippen LogP contribution in [-0.2, 0) is 0 Å². The Labute approximate surface area is 81.8 Å². The van der Waals surface area contributed by atoms with Crippen molar-refractivity contribution in [3.63, 3.8) is 0 Å². The Morgan fingerprint density at radius 2 is 2.15 bits per heavy atom. The number of ketones is 1. The molecule has 13 heavy (non-hydrogen) atoms. The summed E-state index contributed by atoms with van der Waals surface area (Å²) < 4.78 is 0. The lowest BCUT2D eigenvalue weighted by molar-refractivity contribution is 0.103. The summed E-state index contributed by atoms with van der Waals surface area (Å²) >= 11 is 1.74. The van der Waals surface area contributed by atoms with Crippen molar-refractivity contribution < 1.29 is 4.79 Å². The van der Waals surface area contributed by atoms with Crippen LogP contribution in [0.2, 0.25) is 0 Å². The van der Waals surface area contributed by atoms with Crippen LogP contribution in [0.3, 0.4) is 0 Å². The maximum absolute atomic E-state index is 11.8. The molecule has 0 aromatic heterocycles. The summed E-state index contributed by atoms with van der Waals surface area (Å²) in [5.74, 6) is 1.00. The van der Waals surface area contributed by atoms with Gasteiger partial charge in [-0.1, -0.05) is 18.2 Å². The van der Waals surface area contributed by atoms with Gasteiger partial charge in [0, 0.05) is 21.8 Å². The summed E-state index contributed by atoms with van der Waals surface area (Å²) in [5.41, 5.74) is 1.77. The van der Waals surface area contributed by atoms with Crippen LogP contribution in [0, 0.1) is 0 Å². The van der Waals surface area contributed by atoms with Gasteiger partial charge in [-0.3, -0.25) is 4.79 Å². The van der Waals surface area contributed by atoms with Gasteiger partial charge in [-0.25, -0.2) is 0 Å². The molecule has 0 saturated carbocycles. The van der Waals surface area contributed by atoms with E-state index < -0.39 is 0 Å². The molecule has 0 atom stereocenters. The van der Waals surface area contributed by atoms with Crippen molar-refractivity contribution in [2.75, 3.05) is 5.75 Å². The Balaban J connectivity index is 2.51. The third-order valence-corrected chi connectivity index (χ3v) is 3.28. The Kier molecular flexibility index (Phi) is 2.23. The predicted octanol–water partition coefficient (Wildman–Crippen LogP) is 2.92. The molecule has 1 nitrogen and oxygen atoms in total. The average Bonchev–Trinajstić information content (AvgIpc) is 2.19. The molecule has 0 amide bonds. The van der Waals surface area contributed by atoms with Crippen molar-refractivity contribution in [3.8, 4) is 0 Å². The van der Waals surface area contributed by atoms with E-state index in [1.807, 2.05) is 37.3 Å². The first-order valence-corrected chi connectivity index (χ1v) is 5.23. The van der Waals surface area contributed by atoms with E-state index in [-0.39, 0.29) is 5.78 Å². The van der Waals surface area contributed by atoms with Gasteiger partial charge in [0.1, 0.15) is 0 Å². The van der Waals surface area contributed by atoms with Crippen molar-refractivity contribution in [1.29, 1.82) is 0 Å². The number of hydrogen-bond acceptors (Lipinski definition) is 2. The van der Waals surface area contributed by atoms with Crippen LogP contribution in [0.15, 0.2) is 40.8 Å².